The molecule has 114 valence electrons. The maximum absolute atomic E-state index is 12.1. The first-order valence-corrected chi connectivity index (χ1v) is 7.02. The van der Waals surface area contributed by atoms with E-state index in [4.69, 9.17) is 11.6 Å². The lowest BCUT2D eigenvalue weighted by Gasteiger charge is -2.16. The van der Waals surface area contributed by atoms with Gasteiger partial charge in [0.15, 0.2) is 0 Å². The van der Waals surface area contributed by atoms with Crippen molar-refractivity contribution >= 4 is 29.3 Å². The van der Waals surface area contributed by atoms with Gasteiger partial charge in [-0.15, -0.1) is 0 Å². The minimum atomic E-state index is -0.866. The zero-order valence-corrected chi connectivity index (χ0v) is 12.8. The number of methoxy groups -OCH3 is 1. The van der Waals surface area contributed by atoms with Crippen molar-refractivity contribution in [1.29, 1.82) is 0 Å². The van der Waals surface area contributed by atoms with Crippen molar-refractivity contribution in [3.63, 3.8) is 0 Å². The predicted octanol–water partition coefficient (Wildman–Crippen LogP) is 2.37. The number of hydrogen-bond acceptors (Lipinski definition) is 4. The third-order valence-electron chi connectivity index (χ3n) is 3.02. The van der Waals surface area contributed by atoms with Crippen molar-refractivity contribution in [2.24, 2.45) is 0 Å². The van der Waals surface area contributed by atoms with Gasteiger partial charge in [0.2, 0.25) is 0 Å². The fourth-order valence-corrected chi connectivity index (χ4v) is 1.98. The Morgan fingerprint density at radius 2 is 1.95 bits per heavy atom. The Balaban J connectivity index is 2.76. The third kappa shape index (κ3) is 5.19. The number of esters is 1. The summed E-state index contributed by atoms with van der Waals surface area (Å²) in [4.78, 5) is 35.2. The van der Waals surface area contributed by atoms with E-state index in [1.54, 1.807) is 31.2 Å². The molecule has 21 heavy (non-hydrogen) atoms. The van der Waals surface area contributed by atoms with Crippen LogP contribution >= 0.6 is 11.6 Å². The zero-order chi connectivity index (χ0) is 15.8. The summed E-state index contributed by atoms with van der Waals surface area (Å²) in [7, 11) is 1.23. The number of amides is 1. The van der Waals surface area contributed by atoms with E-state index < -0.39 is 17.9 Å². The number of nitrogens with one attached hydrogen (secondary N) is 1. The minimum Gasteiger partial charge on any atom is -0.467 e. The Labute approximate surface area is 128 Å². The van der Waals surface area contributed by atoms with Crippen molar-refractivity contribution in [1.82, 2.24) is 5.32 Å². The summed E-state index contributed by atoms with van der Waals surface area (Å²) in [6.45, 7) is 1.75. The van der Waals surface area contributed by atoms with Crippen LogP contribution in [0.4, 0.5) is 0 Å². The molecular weight excluding hydrogens is 294 g/mol. The van der Waals surface area contributed by atoms with E-state index in [-0.39, 0.29) is 24.2 Å². The number of carbonyl (C=O) groups excluding carboxylic acids is 3. The molecule has 0 fully saturated rings. The highest BCUT2D eigenvalue weighted by atomic mass is 35.5. The molecule has 1 amide bonds. The van der Waals surface area contributed by atoms with E-state index >= 15 is 0 Å². The van der Waals surface area contributed by atoms with Gasteiger partial charge in [-0.25, -0.2) is 4.79 Å². The Morgan fingerprint density at radius 3 is 2.52 bits per heavy atom. The molecule has 6 heteroatoms. The molecule has 0 spiro atoms. The second-order valence-electron chi connectivity index (χ2n) is 4.46. The van der Waals surface area contributed by atoms with Crippen LogP contribution in [-0.4, -0.2) is 30.8 Å². The lowest BCUT2D eigenvalue weighted by molar-refractivity contribution is -0.143. The quantitative estimate of drug-likeness (QED) is 0.785. The van der Waals surface area contributed by atoms with E-state index in [9.17, 15) is 14.4 Å². The average Bonchev–Trinajstić information content (AvgIpc) is 2.50. The third-order valence-corrected chi connectivity index (χ3v) is 3.35. The van der Waals surface area contributed by atoms with Gasteiger partial charge in [-0.05, 0) is 18.6 Å². The molecule has 0 heterocycles. The first-order valence-electron chi connectivity index (χ1n) is 6.64. The fourth-order valence-electron chi connectivity index (χ4n) is 1.75. The lowest BCUT2D eigenvalue weighted by Crippen LogP contribution is -2.41. The number of rotatable bonds is 7. The molecule has 1 aromatic carbocycles. The Bertz CT molecular complexity index is 530. The molecule has 0 unspecified atom stereocenters. The number of ether oxygens (including phenoxy) is 1. The molecule has 0 radical (unpaired) electrons. The largest absolute Gasteiger partial charge is 0.467 e. The molecule has 0 bridgehead atoms. The van der Waals surface area contributed by atoms with E-state index in [1.165, 1.54) is 7.11 Å². The van der Waals surface area contributed by atoms with Crippen LogP contribution in [0.1, 0.15) is 36.5 Å². The first kappa shape index (κ1) is 17.2. The maximum atomic E-state index is 12.1. The number of Topliss-reactive ketones (excluding diaryl/α,β-unsaturated/α-hetero) is 1. The molecule has 0 aliphatic rings. The number of hydrogen-bond donors (Lipinski definition) is 1. The van der Waals surface area contributed by atoms with Gasteiger partial charge in [0.25, 0.3) is 5.91 Å². The van der Waals surface area contributed by atoms with Crippen LogP contribution < -0.4 is 5.32 Å². The van der Waals surface area contributed by atoms with Gasteiger partial charge in [-0.1, -0.05) is 30.7 Å². The lowest BCUT2D eigenvalue weighted by atomic mass is 10.1. The van der Waals surface area contributed by atoms with Gasteiger partial charge < -0.3 is 10.1 Å². The molecule has 0 saturated carbocycles. The molecule has 1 rings (SSSR count). The number of benzene rings is 1. The second kappa shape index (κ2) is 8.42. The minimum absolute atomic E-state index is 0.0240. The van der Waals surface area contributed by atoms with Crippen molar-refractivity contribution in [2.75, 3.05) is 7.11 Å². The van der Waals surface area contributed by atoms with Gasteiger partial charge in [0.1, 0.15) is 11.8 Å². The SMILES string of the molecule is CCC(=O)CC[C@H](NC(=O)c1ccccc1Cl)C(=O)OC. The number of carbonyl (C=O) groups is 3. The van der Waals surface area contributed by atoms with Gasteiger partial charge in [0, 0.05) is 12.8 Å². The summed E-state index contributed by atoms with van der Waals surface area (Å²) < 4.78 is 4.65. The fraction of sp³-hybridized carbons (Fsp3) is 0.400. The number of ketones is 1. The molecule has 0 aliphatic carbocycles. The maximum Gasteiger partial charge on any atom is 0.328 e. The molecule has 0 aromatic heterocycles. The molecular formula is C15H18ClNO4. The van der Waals surface area contributed by atoms with E-state index in [0.29, 0.717) is 11.4 Å². The summed E-state index contributed by atoms with van der Waals surface area (Å²) in [5.74, 6) is -1.03. The Morgan fingerprint density at radius 1 is 1.29 bits per heavy atom. The highest BCUT2D eigenvalue weighted by Crippen LogP contribution is 2.15. The first-order chi connectivity index (χ1) is 9.99. The van der Waals surface area contributed by atoms with Crippen LogP contribution in [0.3, 0.4) is 0 Å². The van der Waals surface area contributed by atoms with Crippen LogP contribution in [0.15, 0.2) is 24.3 Å². The molecule has 1 atom stereocenters. The van der Waals surface area contributed by atoms with Crippen molar-refractivity contribution in [3.05, 3.63) is 34.9 Å². The van der Waals surface area contributed by atoms with Crippen LogP contribution in [-0.2, 0) is 14.3 Å². The molecule has 0 aliphatic heterocycles. The zero-order valence-electron chi connectivity index (χ0n) is 12.0. The van der Waals surface area contributed by atoms with E-state index in [0.717, 1.165) is 0 Å². The van der Waals surface area contributed by atoms with Crippen LogP contribution in [0.5, 0.6) is 0 Å². The van der Waals surface area contributed by atoms with Crippen LogP contribution in [0.2, 0.25) is 5.02 Å². The molecule has 1 aromatic rings. The van der Waals surface area contributed by atoms with Crippen LogP contribution in [0.25, 0.3) is 0 Å². The van der Waals surface area contributed by atoms with Gasteiger partial charge >= 0.3 is 5.97 Å². The summed E-state index contributed by atoms with van der Waals surface area (Å²) in [5, 5.41) is 2.85. The van der Waals surface area contributed by atoms with Gasteiger partial charge in [-0.3, -0.25) is 9.59 Å². The van der Waals surface area contributed by atoms with Gasteiger partial charge in [-0.2, -0.15) is 0 Å². The highest BCUT2D eigenvalue weighted by Gasteiger charge is 2.23. The summed E-state index contributed by atoms with van der Waals surface area (Å²) >= 11 is 5.93. The predicted molar refractivity (Wildman–Crippen MR) is 79.3 cm³/mol. The summed E-state index contributed by atoms with van der Waals surface area (Å²) in [5.41, 5.74) is 0.273. The smallest absolute Gasteiger partial charge is 0.328 e. The molecule has 5 nitrogen and oxygen atoms in total. The van der Waals surface area contributed by atoms with E-state index in [1.807, 2.05) is 0 Å². The van der Waals surface area contributed by atoms with E-state index in [2.05, 4.69) is 10.1 Å². The number of halogens is 1. The van der Waals surface area contributed by atoms with Crippen molar-refractivity contribution < 1.29 is 19.1 Å². The second-order valence-corrected chi connectivity index (χ2v) is 4.87. The standard InChI is InChI=1S/C15H18ClNO4/c1-3-10(18)8-9-13(15(20)21-2)17-14(19)11-6-4-5-7-12(11)16/h4-7,13H,3,8-9H2,1-2H3,(H,17,19)/t13-/m0/s1. The Hall–Kier alpha value is -1.88. The molecule has 0 saturated heterocycles. The summed E-state index contributed by atoms with van der Waals surface area (Å²) in [6.07, 6.45) is 0.807. The average molecular weight is 312 g/mol. The van der Waals surface area contributed by atoms with Crippen molar-refractivity contribution in [3.8, 4) is 0 Å². The topological polar surface area (TPSA) is 72.5 Å². The molecule has 1 N–H and O–H groups in total. The van der Waals surface area contributed by atoms with Gasteiger partial charge in [0.05, 0.1) is 17.7 Å². The normalized spacial score (nSPS) is 11.6. The summed E-state index contributed by atoms with van der Waals surface area (Å²) in [6, 6.07) is 5.66. The highest BCUT2D eigenvalue weighted by molar-refractivity contribution is 6.33. The van der Waals surface area contributed by atoms with Crippen molar-refractivity contribution in [2.45, 2.75) is 32.2 Å². The van der Waals surface area contributed by atoms with Crippen LogP contribution in [0, 0.1) is 0 Å². The Kier molecular flexibility index (Phi) is 6.88. The monoisotopic (exact) mass is 311 g/mol.